The van der Waals surface area contributed by atoms with Crippen LogP contribution in [0.4, 0.5) is 0 Å². The average molecular weight is 180 g/mol. The lowest BCUT2D eigenvalue weighted by molar-refractivity contribution is 0.115. The van der Waals surface area contributed by atoms with Crippen molar-refractivity contribution in [2.45, 2.75) is 32.1 Å². The van der Waals surface area contributed by atoms with Crippen molar-refractivity contribution in [1.82, 2.24) is 10.0 Å². The first-order valence-corrected chi connectivity index (χ1v) is 5.42. The zero-order valence-corrected chi connectivity index (χ0v) is 8.79. The highest BCUT2D eigenvalue weighted by atomic mass is 15.6. The first-order valence-electron chi connectivity index (χ1n) is 5.42. The topological polar surface area (TPSA) is 6.48 Å². The summed E-state index contributed by atoms with van der Waals surface area (Å²) in [6.45, 7) is 1.15. The van der Waals surface area contributed by atoms with Gasteiger partial charge in [0.05, 0.1) is 0 Å². The van der Waals surface area contributed by atoms with Crippen LogP contribution in [0.15, 0.2) is 11.8 Å². The van der Waals surface area contributed by atoms with E-state index in [9.17, 15) is 0 Å². The van der Waals surface area contributed by atoms with Gasteiger partial charge in [0.25, 0.3) is 0 Å². The summed E-state index contributed by atoms with van der Waals surface area (Å²) in [5.41, 5.74) is 1.66. The van der Waals surface area contributed by atoms with Gasteiger partial charge in [0, 0.05) is 26.8 Å². The second-order valence-corrected chi connectivity index (χ2v) is 4.43. The second-order valence-electron chi connectivity index (χ2n) is 4.43. The van der Waals surface area contributed by atoms with Crippen molar-refractivity contribution in [3.8, 4) is 0 Å². The molecule has 0 bridgehead atoms. The maximum Gasteiger partial charge on any atom is 0.0408 e. The predicted molar refractivity (Wildman–Crippen MR) is 55.1 cm³/mol. The van der Waals surface area contributed by atoms with E-state index in [1.807, 2.05) is 0 Å². The average Bonchev–Trinajstić information content (AvgIpc) is 2.49. The van der Waals surface area contributed by atoms with Gasteiger partial charge < -0.3 is 5.01 Å². The molecule has 1 aliphatic carbocycles. The summed E-state index contributed by atoms with van der Waals surface area (Å²) >= 11 is 0. The monoisotopic (exact) mass is 180 g/mol. The molecule has 0 aromatic carbocycles. The van der Waals surface area contributed by atoms with Gasteiger partial charge in [-0.25, -0.2) is 5.01 Å². The molecule has 1 saturated carbocycles. The highest BCUT2D eigenvalue weighted by Gasteiger charge is 2.23. The van der Waals surface area contributed by atoms with Gasteiger partial charge in [-0.15, -0.1) is 0 Å². The van der Waals surface area contributed by atoms with Crippen molar-refractivity contribution < 1.29 is 0 Å². The Morgan fingerprint density at radius 3 is 2.38 bits per heavy atom. The summed E-state index contributed by atoms with van der Waals surface area (Å²) in [4.78, 5) is 0. The summed E-state index contributed by atoms with van der Waals surface area (Å²) in [6.07, 6.45) is 9.51. The molecule has 0 radical (unpaired) electrons. The third-order valence-electron chi connectivity index (χ3n) is 3.43. The van der Waals surface area contributed by atoms with Crippen LogP contribution in [0.1, 0.15) is 32.1 Å². The Hall–Kier alpha value is -0.500. The fourth-order valence-corrected chi connectivity index (χ4v) is 2.46. The molecule has 1 aliphatic heterocycles. The van der Waals surface area contributed by atoms with Crippen LogP contribution in [0.3, 0.4) is 0 Å². The molecule has 2 nitrogen and oxygen atoms in total. The lowest BCUT2D eigenvalue weighted by Gasteiger charge is -2.23. The second kappa shape index (κ2) is 3.70. The molecule has 0 amide bonds. The summed E-state index contributed by atoms with van der Waals surface area (Å²) in [6, 6.07) is 0. The van der Waals surface area contributed by atoms with Crippen molar-refractivity contribution in [2.24, 2.45) is 5.92 Å². The molecule has 0 spiro atoms. The SMILES string of the molecule is CN1C=C(C2CCCCC2)CN1C. The Morgan fingerprint density at radius 2 is 1.85 bits per heavy atom. The molecule has 0 unspecified atom stereocenters. The first-order chi connectivity index (χ1) is 6.27. The fourth-order valence-electron chi connectivity index (χ4n) is 2.46. The minimum Gasteiger partial charge on any atom is -0.316 e. The van der Waals surface area contributed by atoms with E-state index in [1.54, 1.807) is 5.57 Å². The maximum absolute atomic E-state index is 2.33. The van der Waals surface area contributed by atoms with Crippen LogP contribution in [0, 0.1) is 5.92 Å². The van der Waals surface area contributed by atoms with Gasteiger partial charge in [0.1, 0.15) is 0 Å². The molecule has 0 N–H and O–H groups in total. The third-order valence-corrected chi connectivity index (χ3v) is 3.43. The van der Waals surface area contributed by atoms with E-state index in [0.29, 0.717) is 0 Å². The zero-order valence-electron chi connectivity index (χ0n) is 8.79. The van der Waals surface area contributed by atoms with E-state index in [0.717, 1.165) is 12.5 Å². The van der Waals surface area contributed by atoms with Crippen LogP contribution in [-0.2, 0) is 0 Å². The van der Waals surface area contributed by atoms with Crippen molar-refractivity contribution in [2.75, 3.05) is 20.6 Å². The molecule has 0 saturated heterocycles. The van der Waals surface area contributed by atoms with Gasteiger partial charge >= 0.3 is 0 Å². The Balaban J connectivity index is 1.97. The van der Waals surface area contributed by atoms with E-state index in [1.165, 1.54) is 32.1 Å². The number of rotatable bonds is 1. The van der Waals surface area contributed by atoms with E-state index in [2.05, 4.69) is 30.3 Å². The summed E-state index contributed by atoms with van der Waals surface area (Å²) in [5, 5.41) is 4.49. The van der Waals surface area contributed by atoms with Gasteiger partial charge in [-0.1, -0.05) is 19.3 Å². The van der Waals surface area contributed by atoms with Crippen molar-refractivity contribution >= 4 is 0 Å². The molecule has 74 valence electrons. The predicted octanol–water partition coefficient (Wildman–Crippen LogP) is 2.24. The van der Waals surface area contributed by atoms with E-state index in [-0.39, 0.29) is 0 Å². The zero-order chi connectivity index (χ0) is 9.26. The van der Waals surface area contributed by atoms with Crippen LogP contribution in [0.2, 0.25) is 0 Å². The third kappa shape index (κ3) is 1.88. The molecule has 1 fully saturated rings. The largest absolute Gasteiger partial charge is 0.316 e. The summed E-state index contributed by atoms with van der Waals surface area (Å²) in [5.74, 6) is 0.890. The Morgan fingerprint density at radius 1 is 1.15 bits per heavy atom. The first kappa shape index (κ1) is 9.07. The quantitative estimate of drug-likeness (QED) is 0.610. The molecule has 1 heterocycles. The van der Waals surface area contributed by atoms with E-state index >= 15 is 0 Å². The number of hydrogen-bond acceptors (Lipinski definition) is 2. The molecule has 0 atom stereocenters. The van der Waals surface area contributed by atoms with E-state index in [4.69, 9.17) is 0 Å². The molecular weight excluding hydrogens is 160 g/mol. The number of hydrazine groups is 1. The minimum atomic E-state index is 0.890. The van der Waals surface area contributed by atoms with Crippen molar-refractivity contribution in [3.05, 3.63) is 11.8 Å². The maximum atomic E-state index is 2.33. The number of nitrogens with zero attached hydrogens (tertiary/aromatic N) is 2. The van der Waals surface area contributed by atoms with E-state index < -0.39 is 0 Å². The molecule has 2 aliphatic rings. The summed E-state index contributed by atoms with van der Waals surface area (Å²) < 4.78 is 0. The lowest BCUT2D eigenvalue weighted by atomic mass is 9.84. The smallest absolute Gasteiger partial charge is 0.0408 e. The van der Waals surface area contributed by atoms with Gasteiger partial charge in [0.2, 0.25) is 0 Å². The van der Waals surface area contributed by atoms with Crippen molar-refractivity contribution in [3.63, 3.8) is 0 Å². The van der Waals surface area contributed by atoms with Crippen LogP contribution in [0.25, 0.3) is 0 Å². The Bertz CT molecular complexity index is 204. The molecular formula is C11H20N2. The molecule has 0 aromatic heterocycles. The van der Waals surface area contributed by atoms with Crippen LogP contribution >= 0.6 is 0 Å². The van der Waals surface area contributed by atoms with Gasteiger partial charge in [-0.2, -0.15) is 0 Å². The van der Waals surface area contributed by atoms with Crippen LogP contribution in [-0.4, -0.2) is 30.7 Å². The highest BCUT2D eigenvalue weighted by molar-refractivity contribution is 5.12. The van der Waals surface area contributed by atoms with Crippen LogP contribution < -0.4 is 0 Å². The molecule has 2 heteroatoms. The molecule has 0 aromatic rings. The number of likely N-dealkylation sites (N-methyl/N-ethyl adjacent to an activating group) is 1. The normalized spacial score (nSPS) is 26.6. The molecule has 13 heavy (non-hydrogen) atoms. The summed E-state index contributed by atoms with van der Waals surface area (Å²) in [7, 11) is 4.29. The fraction of sp³-hybridized carbons (Fsp3) is 0.818. The standard InChI is InChI=1S/C11H20N2/c1-12-8-11(9-13(12)2)10-6-4-3-5-7-10/h8,10H,3-7,9H2,1-2H3. The molecule has 2 rings (SSSR count). The Labute approximate surface area is 81.2 Å². The lowest BCUT2D eigenvalue weighted by Crippen LogP contribution is -2.28. The minimum absolute atomic E-state index is 0.890. The Kier molecular flexibility index (Phi) is 2.58. The number of hydrogen-bond donors (Lipinski definition) is 0. The van der Waals surface area contributed by atoms with Gasteiger partial charge in [0.15, 0.2) is 0 Å². The van der Waals surface area contributed by atoms with Gasteiger partial charge in [-0.3, -0.25) is 0 Å². The highest BCUT2D eigenvalue weighted by Crippen LogP contribution is 2.32. The van der Waals surface area contributed by atoms with Crippen molar-refractivity contribution in [1.29, 1.82) is 0 Å². The van der Waals surface area contributed by atoms with Crippen LogP contribution in [0.5, 0.6) is 0 Å². The van der Waals surface area contributed by atoms with Gasteiger partial charge in [-0.05, 0) is 24.3 Å².